The summed E-state index contributed by atoms with van der Waals surface area (Å²) < 4.78 is 0. The van der Waals surface area contributed by atoms with Crippen LogP contribution in [0.5, 0.6) is 0 Å². The zero-order chi connectivity index (χ0) is 14.5. The molecule has 0 aliphatic rings. The predicted molar refractivity (Wildman–Crippen MR) is 82.5 cm³/mol. The first kappa shape index (κ1) is 14.6. The van der Waals surface area contributed by atoms with E-state index in [-0.39, 0.29) is 0 Å². The van der Waals surface area contributed by atoms with Crippen LogP contribution in [-0.4, -0.2) is 5.11 Å². The Morgan fingerprint density at radius 3 is 2.70 bits per heavy atom. The van der Waals surface area contributed by atoms with E-state index < -0.39 is 6.10 Å². The molecule has 0 amide bonds. The number of benzene rings is 2. The fourth-order valence-electron chi connectivity index (χ4n) is 2.02. The van der Waals surface area contributed by atoms with Crippen LogP contribution in [0.4, 0.5) is 0 Å². The second kappa shape index (κ2) is 6.60. The highest BCUT2D eigenvalue weighted by Crippen LogP contribution is 2.29. The summed E-state index contributed by atoms with van der Waals surface area (Å²) >= 11 is 1.74. The topological polar surface area (TPSA) is 44.0 Å². The number of rotatable bonds is 4. The Morgan fingerprint density at radius 1 is 1.20 bits per heavy atom. The number of aliphatic hydroxyl groups is 1. The fraction of sp³-hybridized carbons (Fsp3) is 0.235. The van der Waals surface area contributed by atoms with E-state index >= 15 is 0 Å². The minimum atomic E-state index is -1.05. The van der Waals surface area contributed by atoms with Crippen molar-refractivity contribution >= 4 is 11.8 Å². The van der Waals surface area contributed by atoms with Crippen LogP contribution in [-0.2, 0) is 5.75 Å². The van der Waals surface area contributed by atoms with Crippen molar-refractivity contribution in [1.29, 1.82) is 5.26 Å². The predicted octanol–water partition coefficient (Wildman–Crippen LogP) is 4.15. The Morgan fingerprint density at radius 2 is 1.95 bits per heavy atom. The van der Waals surface area contributed by atoms with Crippen LogP contribution in [0.3, 0.4) is 0 Å². The van der Waals surface area contributed by atoms with Gasteiger partial charge in [0.05, 0.1) is 6.07 Å². The van der Waals surface area contributed by atoms with Gasteiger partial charge in [-0.1, -0.05) is 42.0 Å². The van der Waals surface area contributed by atoms with E-state index in [1.54, 1.807) is 11.8 Å². The van der Waals surface area contributed by atoms with Crippen LogP contribution >= 0.6 is 11.8 Å². The van der Waals surface area contributed by atoms with E-state index in [9.17, 15) is 5.11 Å². The average molecular weight is 283 g/mol. The third kappa shape index (κ3) is 3.41. The van der Waals surface area contributed by atoms with Crippen molar-refractivity contribution in [1.82, 2.24) is 0 Å². The molecular weight excluding hydrogens is 266 g/mol. The zero-order valence-corrected chi connectivity index (χ0v) is 12.4. The van der Waals surface area contributed by atoms with Crippen molar-refractivity contribution in [3.63, 3.8) is 0 Å². The molecule has 0 radical (unpaired) electrons. The number of nitrogens with zero attached hydrogens (tertiary/aromatic N) is 1. The van der Waals surface area contributed by atoms with E-state index in [1.807, 2.05) is 30.3 Å². The molecule has 1 unspecified atom stereocenters. The molecule has 2 nitrogen and oxygen atoms in total. The number of thioether (sulfide) groups is 1. The summed E-state index contributed by atoms with van der Waals surface area (Å²) in [6, 6.07) is 15.8. The van der Waals surface area contributed by atoms with Crippen LogP contribution in [0.25, 0.3) is 0 Å². The summed E-state index contributed by atoms with van der Waals surface area (Å²) in [6.07, 6.45) is -1.05. The molecule has 102 valence electrons. The third-order valence-corrected chi connectivity index (χ3v) is 4.40. The Bertz CT molecular complexity index is 646. The maximum absolute atomic E-state index is 9.74. The fourth-order valence-corrected chi connectivity index (χ4v) is 3.16. The van der Waals surface area contributed by atoms with Crippen molar-refractivity contribution in [3.8, 4) is 6.07 Å². The molecule has 0 bridgehead atoms. The summed E-state index contributed by atoms with van der Waals surface area (Å²) in [6.45, 7) is 4.18. The van der Waals surface area contributed by atoms with Crippen LogP contribution in [0.15, 0.2) is 47.4 Å². The molecule has 2 rings (SSSR count). The van der Waals surface area contributed by atoms with Gasteiger partial charge < -0.3 is 5.11 Å². The Balaban J connectivity index is 2.19. The minimum absolute atomic E-state index is 0.702. The summed E-state index contributed by atoms with van der Waals surface area (Å²) in [5.41, 5.74) is 4.20. The maximum Gasteiger partial charge on any atom is 0.166 e. The molecule has 2 aromatic carbocycles. The first-order valence-corrected chi connectivity index (χ1v) is 7.46. The van der Waals surface area contributed by atoms with Gasteiger partial charge >= 0.3 is 0 Å². The third-order valence-electron chi connectivity index (χ3n) is 3.20. The van der Waals surface area contributed by atoms with Gasteiger partial charge in [-0.05, 0) is 36.6 Å². The lowest BCUT2D eigenvalue weighted by atomic mass is 10.0. The molecule has 0 spiro atoms. The van der Waals surface area contributed by atoms with Crippen molar-refractivity contribution < 1.29 is 5.11 Å². The number of aryl methyl sites for hydroxylation is 2. The molecule has 1 N–H and O–H groups in total. The lowest BCUT2D eigenvalue weighted by Crippen LogP contribution is -1.98. The van der Waals surface area contributed by atoms with Crippen molar-refractivity contribution in [2.45, 2.75) is 30.6 Å². The summed E-state index contributed by atoms with van der Waals surface area (Å²) in [5.74, 6) is 0.749. The standard InChI is InChI=1S/C17H17NOS/c1-12-7-8-13(2)17(9-12)20-11-14-5-3-4-6-15(14)16(19)10-18/h3-9,16,19H,11H2,1-2H3. The van der Waals surface area contributed by atoms with Gasteiger partial charge in [0, 0.05) is 10.6 Å². The van der Waals surface area contributed by atoms with E-state index in [0.29, 0.717) is 5.56 Å². The van der Waals surface area contributed by atoms with Gasteiger partial charge in [-0.15, -0.1) is 11.8 Å². The molecule has 0 aliphatic heterocycles. The highest BCUT2D eigenvalue weighted by atomic mass is 32.2. The molecule has 1 atom stereocenters. The van der Waals surface area contributed by atoms with E-state index in [2.05, 4.69) is 32.0 Å². The van der Waals surface area contributed by atoms with Gasteiger partial charge in [0.15, 0.2) is 6.10 Å². The largest absolute Gasteiger partial charge is 0.374 e. The van der Waals surface area contributed by atoms with Crippen LogP contribution in [0.1, 0.15) is 28.4 Å². The Labute approximate surface area is 124 Å². The van der Waals surface area contributed by atoms with Gasteiger partial charge in [0.1, 0.15) is 0 Å². The van der Waals surface area contributed by atoms with E-state index in [0.717, 1.165) is 11.3 Å². The molecule has 0 saturated heterocycles. The van der Waals surface area contributed by atoms with Crippen LogP contribution in [0, 0.1) is 25.2 Å². The maximum atomic E-state index is 9.74. The lowest BCUT2D eigenvalue weighted by molar-refractivity contribution is 0.235. The van der Waals surface area contributed by atoms with E-state index in [4.69, 9.17) is 5.26 Å². The molecule has 0 fully saturated rings. The van der Waals surface area contributed by atoms with Crippen LogP contribution < -0.4 is 0 Å². The summed E-state index contributed by atoms with van der Waals surface area (Å²) in [7, 11) is 0. The molecule has 3 heteroatoms. The van der Waals surface area contributed by atoms with Crippen molar-refractivity contribution in [2.75, 3.05) is 0 Å². The number of hydrogen-bond acceptors (Lipinski definition) is 3. The summed E-state index contributed by atoms with van der Waals surface area (Å²) in [4.78, 5) is 1.24. The van der Waals surface area contributed by atoms with Gasteiger partial charge in [-0.25, -0.2) is 0 Å². The van der Waals surface area contributed by atoms with Gasteiger partial charge in [-0.2, -0.15) is 5.26 Å². The Hall–Kier alpha value is -1.76. The first-order valence-electron chi connectivity index (χ1n) is 6.47. The lowest BCUT2D eigenvalue weighted by Gasteiger charge is -2.11. The zero-order valence-electron chi connectivity index (χ0n) is 11.6. The van der Waals surface area contributed by atoms with Crippen molar-refractivity contribution in [3.05, 3.63) is 64.7 Å². The second-order valence-electron chi connectivity index (χ2n) is 4.79. The molecule has 0 aromatic heterocycles. The molecule has 0 aliphatic carbocycles. The molecule has 0 saturated carbocycles. The van der Waals surface area contributed by atoms with Crippen molar-refractivity contribution in [2.24, 2.45) is 0 Å². The highest BCUT2D eigenvalue weighted by molar-refractivity contribution is 7.98. The molecule has 2 aromatic rings. The number of aliphatic hydroxyl groups excluding tert-OH is 1. The number of nitriles is 1. The first-order chi connectivity index (χ1) is 9.61. The van der Waals surface area contributed by atoms with Gasteiger partial charge in [-0.3, -0.25) is 0 Å². The monoisotopic (exact) mass is 283 g/mol. The minimum Gasteiger partial charge on any atom is -0.374 e. The normalized spacial score (nSPS) is 11.9. The second-order valence-corrected chi connectivity index (χ2v) is 5.81. The molecule has 0 heterocycles. The van der Waals surface area contributed by atoms with Crippen LogP contribution in [0.2, 0.25) is 0 Å². The quantitative estimate of drug-likeness (QED) is 0.677. The highest BCUT2D eigenvalue weighted by Gasteiger charge is 2.11. The average Bonchev–Trinajstić information content (AvgIpc) is 2.47. The number of hydrogen-bond donors (Lipinski definition) is 1. The van der Waals surface area contributed by atoms with Gasteiger partial charge in [0.25, 0.3) is 0 Å². The molecular formula is C17H17NOS. The van der Waals surface area contributed by atoms with E-state index in [1.165, 1.54) is 16.0 Å². The smallest absolute Gasteiger partial charge is 0.166 e. The molecule has 20 heavy (non-hydrogen) atoms. The SMILES string of the molecule is Cc1ccc(C)c(SCc2ccccc2C(O)C#N)c1. The summed E-state index contributed by atoms with van der Waals surface area (Å²) in [5, 5.41) is 18.6. The Kier molecular flexibility index (Phi) is 4.84. The van der Waals surface area contributed by atoms with Gasteiger partial charge in [0.2, 0.25) is 0 Å².